The Hall–Kier alpha value is -2.27. The minimum atomic E-state index is 0.170. The average molecular weight is 375 g/mol. The molecule has 0 unspecified atom stereocenters. The molecular formula is C20H27ClN4O. The van der Waals surface area contributed by atoms with Crippen molar-refractivity contribution >= 4 is 28.8 Å². The largest absolute Gasteiger partial charge is 0.499 e. The lowest BCUT2D eigenvalue weighted by molar-refractivity contribution is 0.218. The summed E-state index contributed by atoms with van der Waals surface area (Å²) in [6, 6.07) is 8.30. The molecule has 0 amide bonds. The summed E-state index contributed by atoms with van der Waals surface area (Å²) in [6.07, 6.45) is 8.29. The quantitative estimate of drug-likeness (QED) is 0.308. The molecule has 6 heteroatoms. The zero-order valence-corrected chi connectivity index (χ0v) is 16.1. The fraction of sp³-hybridized carbons (Fsp3) is 0.400. The van der Waals surface area contributed by atoms with Gasteiger partial charge in [0.15, 0.2) is 5.82 Å². The number of rotatable bonds is 11. The Labute approximate surface area is 160 Å². The van der Waals surface area contributed by atoms with E-state index in [1.54, 1.807) is 0 Å². The summed E-state index contributed by atoms with van der Waals surface area (Å²) < 4.78 is 5.36. The predicted molar refractivity (Wildman–Crippen MR) is 109 cm³/mol. The zero-order valence-electron chi connectivity index (χ0n) is 15.3. The molecule has 0 radical (unpaired) electrons. The first-order valence-corrected chi connectivity index (χ1v) is 9.41. The van der Waals surface area contributed by atoms with Gasteiger partial charge in [0.2, 0.25) is 5.28 Å². The van der Waals surface area contributed by atoms with Crippen molar-refractivity contribution < 1.29 is 4.74 Å². The van der Waals surface area contributed by atoms with E-state index in [2.05, 4.69) is 34.0 Å². The van der Waals surface area contributed by atoms with Gasteiger partial charge >= 0.3 is 0 Å². The molecule has 3 N–H and O–H groups in total. The smallest absolute Gasteiger partial charge is 0.224 e. The van der Waals surface area contributed by atoms with Gasteiger partial charge in [0.05, 0.1) is 24.3 Å². The first kappa shape index (κ1) is 20.0. The minimum absolute atomic E-state index is 0.170. The first-order valence-electron chi connectivity index (χ1n) is 9.03. The number of aryl methyl sites for hydroxylation is 1. The lowest BCUT2D eigenvalue weighted by Gasteiger charge is -2.09. The van der Waals surface area contributed by atoms with Gasteiger partial charge < -0.3 is 15.8 Å². The number of halogens is 1. The number of hydrogen-bond acceptors (Lipinski definition) is 5. The summed E-state index contributed by atoms with van der Waals surface area (Å²) in [4.78, 5) is 7.94. The third kappa shape index (κ3) is 6.92. The topological polar surface area (TPSA) is 73.1 Å². The molecule has 0 atom stereocenters. The van der Waals surface area contributed by atoms with Gasteiger partial charge in [-0.25, -0.2) is 4.98 Å². The highest BCUT2D eigenvalue weighted by Crippen LogP contribution is 2.22. The van der Waals surface area contributed by atoms with Crippen LogP contribution >= 0.6 is 11.6 Å². The number of nitrogens with one attached hydrogen (secondary N) is 1. The number of nitrogen functional groups attached to an aromatic ring is 1. The molecule has 0 saturated carbocycles. The Morgan fingerprint density at radius 2 is 1.92 bits per heavy atom. The molecule has 1 aromatic carbocycles. The van der Waals surface area contributed by atoms with Crippen molar-refractivity contribution in [2.24, 2.45) is 0 Å². The monoisotopic (exact) mass is 374 g/mol. The third-order valence-electron chi connectivity index (χ3n) is 4.02. The number of ether oxygens (including phenoxy) is 1. The molecule has 2 rings (SSSR count). The van der Waals surface area contributed by atoms with E-state index in [0.717, 1.165) is 30.7 Å². The van der Waals surface area contributed by atoms with Crippen molar-refractivity contribution in [2.45, 2.75) is 45.4 Å². The van der Waals surface area contributed by atoms with Crippen molar-refractivity contribution in [3.8, 4) is 0 Å². The number of nitrogens with zero attached hydrogens (tertiary/aromatic N) is 2. The Morgan fingerprint density at radius 1 is 1.19 bits per heavy atom. The number of unbranched alkanes of at least 4 members (excludes halogenated alkanes) is 3. The summed E-state index contributed by atoms with van der Waals surface area (Å²) in [5.41, 5.74) is 8.56. The van der Waals surface area contributed by atoms with Crippen molar-refractivity contribution in [3.63, 3.8) is 0 Å². The second-order valence-electron chi connectivity index (χ2n) is 6.15. The molecule has 0 saturated heterocycles. The van der Waals surface area contributed by atoms with Crippen LogP contribution in [0.3, 0.4) is 0 Å². The summed E-state index contributed by atoms with van der Waals surface area (Å²) in [5.74, 6) is 1.42. The van der Waals surface area contributed by atoms with E-state index in [1.807, 2.05) is 19.1 Å². The lowest BCUT2D eigenvalue weighted by atomic mass is 10.0. The van der Waals surface area contributed by atoms with Gasteiger partial charge in [0.25, 0.3) is 0 Å². The SMILES string of the molecule is C=C(CCCCCCc1ccc(Nc2nc(Cl)ncc2N)cc1)OCC. The van der Waals surface area contributed by atoms with Crippen LogP contribution < -0.4 is 11.1 Å². The van der Waals surface area contributed by atoms with Gasteiger partial charge in [-0.1, -0.05) is 31.6 Å². The molecule has 1 heterocycles. The molecule has 140 valence electrons. The maximum absolute atomic E-state index is 5.85. The Bertz CT molecular complexity index is 703. The maximum Gasteiger partial charge on any atom is 0.224 e. The standard InChI is InChI=1S/C20H27ClN4O/c1-3-26-15(2)8-6-4-5-7-9-16-10-12-17(13-11-16)24-19-18(22)14-23-20(21)25-19/h10-14H,2-9,22H2,1H3,(H,23,24,25). The highest BCUT2D eigenvalue weighted by atomic mass is 35.5. The van der Waals surface area contributed by atoms with Crippen LogP contribution in [0.2, 0.25) is 5.28 Å². The number of aromatic nitrogens is 2. The molecule has 0 bridgehead atoms. The molecule has 2 aromatic rings. The molecule has 0 aliphatic rings. The highest BCUT2D eigenvalue weighted by molar-refractivity contribution is 6.28. The van der Waals surface area contributed by atoms with E-state index in [9.17, 15) is 0 Å². The number of anilines is 3. The first-order chi connectivity index (χ1) is 12.6. The zero-order chi connectivity index (χ0) is 18.8. The van der Waals surface area contributed by atoms with Crippen molar-refractivity contribution in [1.29, 1.82) is 0 Å². The van der Waals surface area contributed by atoms with Gasteiger partial charge in [-0.05, 0) is 55.5 Å². The van der Waals surface area contributed by atoms with Crippen molar-refractivity contribution in [1.82, 2.24) is 9.97 Å². The lowest BCUT2D eigenvalue weighted by Crippen LogP contribution is -2.00. The third-order valence-corrected chi connectivity index (χ3v) is 4.21. The molecular weight excluding hydrogens is 348 g/mol. The van der Waals surface area contributed by atoms with Crippen LogP contribution in [0.5, 0.6) is 0 Å². The highest BCUT2D eigenvalue weighted by Gasteiger charge is 2.04. The minimum Gasteiger partial charge on any atom is -0.499 e. The van der Waals surface area contributed by atoms with Gasteiger partial charge in [0, 0.05) is 12.1 Å². The Balaban J connectivity index is 1.71. The van der Waals surface area contributed by atoms with E-state index in [4.69, 9.17) is 22.1 Å². The summed E-state index contributed by atoms with van der Waals surface area (Å²) in [5, 5.41) is 3.33. The molecule has 26 heavy (non-hydrogen) atoms. The van der Waals surface area contributed by atoms with Crippen LogP contribution in [0.1, 0.15) is 44.6 Å². The van der Waals surface area contributed by atoms with Crippen molar-refractivity contribution in [3.05, 3.63) is 53.6 Å². The fourth-order valence-corrected chi connectivity index (χ4v) is 2.78. The number of allylic oxidation sites excluding steroid dienone is 1. The Morgan fingerprint density at radius 3 is 2.65 bits per heavy atom. The van der Waals surface area contributed by atoms with Crippen LogP contribution in [0.4, 0.5) is 17.2 Å². The molecule has 5 nitrogen and oxygen atoms in total. The van der Waals surface area contributed by atoms with E-state index in [-0.39, 0.29) is 5.28 Å². The summed E-state index contributed by atoms with van der Waals surface area (Å²) in [6.45, 7) is 6.61. The van der Waals surface area contributed by atoms with E-state index in [0.29, 0.717) is 18.1 Å². The van der Waals surface area contributed by atoms with Crippen LogP contribution in [0.15, 0.2) is 42.8 Å². The van der Waals surface area contributed by atoms with Crippen LogP contribution in [-0.2, 0) is 11.2 Å². The van der Waals surface area contributed by atoms with Crippen LogP contribution in [0, 0.1) is 0 Å². The van der Waals surface area contributed by atoms with E-state index >= 15 is 0 Å². The number of nitrogens with two attached hydrogens (primary N) is 1. The van der Waals surface area contributed by atoms with Crippen LogP contribution in [0.25, 0.3) is 0 Å². The van der Waals surface area contributed by atoms with Gasteiger partial charge in [-0.15, -0.1) is 0 Å². The summed E-state index contributed by atoms with van der Waals surface area (Å²) >= 11 is 5.81. The number of benzene rings is 1. The molecule has 0 fully saturated rings. The maximum atomic E-state index is 5.85. The van der Waals surface area contributed by atoms with Crippen molar-refractivity contribution in [2.75, 3.05) is 17.7 Å². The fourth-order valence-electron chi connectivity index (χ4n) is 2.64. The van der Waals surface area contributed by atoms with Gasteiger partial charge in [-0.3, -0.25) is 0 Å². The molecule has 0 spiro atoms. The molecule has 0 aliphatic carbocycles. The number of hydrogen-bond donors (Lipinski definition) is 2. The van der Waals surface area contributed by atoms with Gasteiger partial charge in [-0.2, -0.15) is 4.98 Å². The van der Waals surface area contributed by atoms with E-state index in [1.165, 1.54) is 31.0 Å². The van der Waals surface area contributed by atoms with Gasteiger partial charge in [0.1, 0.15) is 0 Å². The second kappa shape index (κ2) is 10.7. The normalized spacial score (nSPS) is 10.5. The van der Waals surface area contributed by atoms with E-state index < -0.39 is 0 Å². The Kier molecular flexibility index (Phi) is 8.22. The second-order valence-corrected chi connectivity index (χ2v) is 6.49. The summed E-state index contributed by atoms with van der Waals surface area (Å²) in [7, 11) is 0. The predicted octanol–water partition coefficient (Wildman–Crippen LogP) is 5.50. The average Bonchev–Trinajstić information content (AvgIpc) is 2.62. The molecule has 1 aromatic heterocycles. The molecule has 0 aliphatic heterocycles. The van der Waals surface area contributed by atoms with Crippen LogP contribution in [-0.4, -0.2) is 16.6 Å².